The lowest BCUT2D eigenvalue weighted by Gasteiger charge is -2.28. The van der Waals surface area contributed by atoms with Crippen LogP contribution in [0.4, 0.5) is 0 Å². The summed E-state index contributed by atoms with van der Waals surface area (Å²) in [5, 5.41) is 0. The van der Waals surface area contributed by atoms with Crippen molar-refractivity contribution in [1.82, 2.24) is 0 Å². The van der Waals surface area contributed by atoms with Gasteiger partial charge >= 0.3 is 0 Å². The van der Waals surface area contributed by atoms with E-state index >= 15 is 0 Å². The fourth-order valence-corrected chi connectivity index (χ4v) is 3.26. The summed E-state index contributed by atoms with van der Waals surface area (Å²) in [6.45, 7) is 2.29. The minimum Gasteiger partial charge on any atom is -0.298 e. The van der Waals surface area contributed by atoms with Crippen molar-refractivity contribution >= 4 is 6.29 Å². The van der Waals surface area contributed by atoms with Crippen LogP contribution in [0.5, 0.6) is 0 Å². The van der Waals surface area contributed by atoms with Crippen molar-refractivity contribution in [2.75, 3.05) is 0 Å². The molecule has 0 bridgehead atoms. The topological polar surface area (TPSA) is 17.1 Å². The van der Waals surface area contributed by atoms with Crippen LogP contribution in [0.1, 0.15) is 61.4 Å². The van der Waals surface area contributed by atoms with Gasteiger partial charge in [0.2, 0.25) is 0 Å². The Morgan fingerprint density at radius 2 is 1.89 bits per heavy atom. The maximum Gasteiger partial charge on any atom is 0.150 e. The van der Waals surface area contributed by atoms with Crippen LogP contribution in [0, 0.1) is 11.8 Å². The van der Waals surface area contributed by atoms with Crippen LogP contribution in [-0.4, -0.2) is 6.29 Å². The second-order valence-electron chi connectivity index (χ2n) is 5.74. The van der Waals surface area contributed by atoms with Crippen molar-refractivity contribution in [2.24, 2.45) is 11.8 Å². The van der Waals surface area contributed by atoms with Crippen LogP contribution in [-0.2, 0) is 6.42 Å². The maximum absolute atomic E-state index is 10.8. The second kappa shape index (κ2) is 6.72. The molecule has 0 heterocycles. The average molecular weight is 244 g/mol. The van der Waals surface area contributed by atoms with Crippen molar-refractivity contribution in [3.8, 4) is 0 Å². The van der Waals surface area contributed by atoms with Gasteiger partial charge in [-0.15, -0.1) is 0 Å². The standard InChI is InChI=1S/C17H24O/c1-2-4-14-7-9-15(10-8-14)11-16-5-3-6-17(12-16)13-18/h3,5-6,12-15H,2,4,7-11H2,1H3. The van der Waals surface area contributed by atoms with Gasteiger partial charge in [-0.1, -0.05) is 50.8 Å². The fourth-order valence-electron chi connectivity index (χ4n) is 3.26. The van der Waals surface area contributed by atoms with Gasteiger partial charge in [0, 0.05) is 5.56 Å². The molecule has 1 saturated carbocycles. The number of benzene rings is 1. The Labute approximate surface area is 111 Å². The minimum absolute atomic E-state index is 0.812. The Morgan fingerprint density at radius 1 is 1.17 bits per heavy atom. The average Bonchev–Trinajstić information content (AvgIpc) is 2.42. The van der Waals surface area contributed by atoms with Crippen molar-refractivity contribution in [1.29, 1.82) is 0 Å². The van der Waals surface area contributed by atoms with Crippen molar-refractivity contribution < 1.29 is 4.79 Å². The monoisotopic (exact) mass is 244 g/mol. The van der Waals surface area contributed by atoms with E-state index < -0.39 is 0 Å². The third-order valence-electron chi connectivity index (χ3n) is 4.27. The summed E-state index contributed by atoms with van der Waals surface area (Å²) in [5.41, 5.74) is 2.14. The summed E-state index contributed by atoms with van der Waals surface area (Å²) in [5.74, 6) is 1.81. The minimum atomic E-state index is 0.812. The van der Waals surface area contributed by atoms with E-state index in [-0.39, 0.29) is 0 Å². The molecule has 0 spiro atoms. The normalized spacial score (nSPS) is 23.8. The lowest BCUT2D eigenvalue weighted by Crippen LogP contribution is -2.16. The van der Waals surface area contributed by atoms with Gasteiger partial charge in [0.05, 0.1) is 0 Å². The second-order valence-corrected chi connectivity index (χ2v) is 5.74. The zero-order chi connectivity index (χ0) is 12.8. The van der Waals surface area contributed by atoms with Crippen LogP contribution in [0.3, 0.4) is 0 Å². The molecule has 0 radical (unpaired) electrons. The van der Waals surface area contributed by atoms with Gasteiger partial charge in [0.15, 0.2) is 0 Å². The lowest BCUT2D eigenvalue weighted by atomic mass is 9.78. The molecule has 0 unspecified atom stereocenters. The van der Waals surface area contributed by atoms with E-state index in [1.165, 1.54) is 44.1 Å². The zero-order valence-corrected chi connectivity index (χ0v) is 11.4. The molecule has 1 aliphatic rings. The molecule has 0 saturated heterocycles. The van der Waals surface area contributed by atoms with Crippen molar-refractivity contribution in [3.05, 3.63) is 35.4 Å². The van der Waals surface area contributed by atoms with Crippen molar-refractivity contribution in [2.45, 2.75) is 51.9 Å². The SMILES string of the molecule is CCCC1CCC(Cc2cccc(C=O)c2)CC1. The number of hydrogen-bond donors (Lipinski definition) is 0. The highest BCUT2D eigenvalue weighted by atomic mass is 16.1. The molecular weight excluding hydrogens is 220 g/mol. The van der Waals surface area contributed by atoms with Crippen LogP contribution in [0.15, 0.2) is 24.3 Å². The highest BCUT2D eigenvalue weighted by Crippen LogP contribution is 2.33. The van der Waals surface area contributed by atoms with E-state index in [2.05, 4.69) is 13.0 Å². The third kappa shape index (κ3) is 3.69. The van der Waals surface area contributed by atoms with Gasteiger partial charge in [0.1, 0.15) is 6.29 Å². The van der Waals surface area contributed by atoms with E-state index in [0.717, 1.165) is 30.1 Å². The molecular formula is C17H24O. The molecule has 1 fully saturated rings. The molecule has 0 atom stereocenters. The number of rotatable bonds is 5. The largest absolute Gasteiger partial charge is 0.298 e. The van der Waals surface area contributed by atoms with Crippen LogP contribution in [0.2, 0.25) is 0 Å². The first-order valence-corrected chi connectivity index (χ1v) is 7.36. The van der Waals surface area contributed by atoms with E-state index in [9.17, 15) is 4.79 Å². The Kier molecular flexibility index (Phi) is 4.98. The first-order valence-electron chi connectivity index (χ1n) is 7.36. The molecule has 1 aromatic carbocycles. The third-order valence-corrected chi connectivity index (χ3v) is 4.27. The summed E-state index contributed by atoms with van der Waals surface area (Å²) < 4.78 is 0. The molecule has 0 aliphatic heterocycles. The summed E-state index contributed by atoms with van der Waals surface area (Å²) in [6.07, 6.45) is 10.4. The highest BCUT2D eigenvalue weighted by molar-refractivity contribution is 5.74. The molecule has 1 aliphatic carbocycles. The van der Waals surface area contributed by atoms with Gasteiger partial charge in [0.25, 0.3) is 0 Å². The van der Waals surface area contributed by atoms with E-state index in [0.29, 0.717) is 0 Å². The molecule has 98 valence electrons. The van der Waals surface area contributed by atoms with Crippen molar-refractivity contribution in [3.63, 3.8) is 0 Å². The van der Waals surface area contributed by atoms with E-state index in [4.69, 9.17) is 0 Å². The van der Waals surface area contributed by atoms with E-state index in [1.807, 2.05) is 18.2 Å². The molecule has 0 aromatic heterocycles. The Morgan fingerprint density at radius 3 is 2.56 bits per heavy atom. The molecule has 2 rings (SSSR count). The molecule has 1 nitrogen and oxygen atoms in total. The molecule has 1 heteroatoms. The Hall–Kier alpha value is -1.11. The fraction of sp³-hybridized carbons (Fsp3) is 0.588. The smallest absolute Gasteiger partial charge is 0.150 e. The van der Waals surface area contributed by atoms with Gasteiger partial charge in [-0.25, -0.2) is 0 Å². The van der Waals surface area contributed by atoms with Gasteiger partial charge < -0.3 is 0 Å². The number of aldehydes is 1. The molecule has 1 aromatic rings. The quantitative estimate of drug-likeness (QED) is 0.689. The van der Waals surface area contributed by atoms with Gasteiger partial charge in [-0.2, -0.15) is 0 Å². The predicted molar refractivity (Wildman–Crippen MR) is 75.9 cm³/mol. The Bertz CT molecular complexity index is 375. The summed E-state index contributed by atoms with van der Waals surface area (Å²) in [6, 6.07) is 8.09. The predicted octanol–water partition coefficient (Wildman–Crippen LogP) is 4.65. The lowest BCUT2D eigenvalue weighted by molar-refractivity contribution is 0.112. The van der Waals surface area contributed by atoms with Crippen LogP contribution >= 0.6 is 0 Å². The van der Waals surface area contributed by atoms with E-state index in [1.54, 1.807) is 0 Å². The number of carbonyl (C=O) groups excluding carboxylic acids is 1. The summed E-state index contributed by atoms with van der Waals surface area (Å²) in [4.78, 5) is 10.8. The first-order chi connectivity index (χ1) is 8.81. The molecule has 0 amide bonds. The van der Waals surface area contributed by atoms with Gasteiger partial charge in [-0.05, 0) is 42.7 Å². The highest BCUT2D eigenvalue weighted by Gasteiger charge is 2.20. The first kappa shape index (κ1) is 13.3. The maximum atomic E-state index is 10.8. The van der Waals surface area contributed by atoms with Crippen LogP contribution in [0.25, 0.3) is 0 Å². The van der Waals surface area contributed by atoms with Gasteiger partial charge in [-0.3, -0.25) is 4.79 Å². The van der Waals surface area contributed by atoms with Crippen LogP contribution < -0.4 is 0 Å². The Balaban J connectivity index is 1.85. The number of hydrogen-bond acceptors (Lipinski definition) is 1. The molecule has 0 N–H and O–H groups in total. The number of carbonyl (C=O) groups is 1. The zero-order valence-electron chi connectivity index (χ0n) is 11.4. The summed E-state index contributed by atoms with van der Waals surface area (Å²) in [7, 11) is 0. The summed E-state index contributed by atoms with van der Waals surface area (Å²) >= 11 is 0. The molecule has 18 heavy (non-hydrogen) atoms.